The lowest BCUT2D eigenvalue weighted by Crippen LogP contribution is -2.48. The number of rotatable bonds is 6. The number of nitrogens with zero attached hydrogens (tertiary/aromatic N) is 3. The highest BCUT2D eigenvalue weighted by atomic mass is 16.2. The molecule has 4 rings (SSSR count). The van der Waals surface area contributed by atoms with E-state index >= 15 is 0 Å². The van der Waals surface area contributed by atoms with Gasteiger partial charge in [0.25, 0.3) is 5.56 Å². The standard InChI is InChI=1S/C19H28N4O2/c1-2-22-12-9-20-17(19(22)25)23-10-7-15(8-11-23)21-18(24)16(13-3-4-13)14-5-6-14/h9,12-16H,2-8,10-11H2,1H3,(H,21,24). The topological polar surface area (TPSA) is 67.2 Å². The molecule has 2 heterocycles. The molecule has 3 aliphatic rings. The van der Waals surface area contributed by atoms with Crippen LogP contribution in [0, 0.1) is 17.8 Å². The number of piperidine rings is 1. The van der Waals surface area contributed by atoms with Gasteiger partial charge in [0.15, 0.2) is 5.82 Å². The molecular formula is C19H28N4O2. The SMILES string of the molecule is CCn1ccnc(N2CCC(NC(=O)C(C3CC3)C3CC3)CC2)c1=O. The summed E-state index contributed by atoms with van der Waals surface area (Å²) in [7, 11) is 0. The van der Waals surface area contributed by atoms with Crippen LogP contribution in [0.5, 0.6) is 0 Å². The largest absolute Gasteiger partial charge is 0.353 e. The van der Waals surface area contributed by atoms with Gasteiger partial charge in [-0.15, -0.1) is 0 Å². The molecule has 1 N–H and O–H groups in total. The molecule has 1 amide bonds. The molecule has 2 saturated carbocycles. The molecular weight excluding hydrogens is 316 g/mol. The Morgan fingerprint density at radius 2 is 1.84 bits per heavy atom. The quantitative estimate of drug-likeness (QED) is 0.854. The number of amides is 1. The molecule has 6 nitrogen and oxygen atoms in total. The molecule has 0 atom stereocenters. The number of hydrogen-bond donors (Lipinski definition) is 1. The summed E-state index contributed by atoms with van der Waals surface area (Å²) in [5.74, 6) is 2.39. The summed E-state index contributed by atoms with van der Waals surface area (Å²) in [6, 6.07) is 0.237. The van der Waals surface area contributed by atoms with Crippen LogP contribution in [0.25, 0.3) is 0 Å². The highest BCUT2D eigenvalue weighted by Crippen LogP contribution is 2.49. The maximum Gasteiger partial charge on any atom is 0.293 e. The predicted octanol–water partition coefficient (Wildman–Crippen LogP) is 1.78. The Hall–Kier alpha value is -1.85. The summed E-state index contributed by atoms with van der Waals surface area (Å²) < 4.78 is 1.69. The summed E-state index contributed by atoms with van der Waals surface area (Å²) >= 11 is 0. The fraction of sp³-hybridized carbons (Fsp3) is 0.737. The van der Waals surface area contributed by atoms with Crippen molar-refractivity contribution < 1.29 is 4.79 Å². The van der Waals surface area contributed by atoms with E-state index in [1.807, 2.05) is 6.92 Å². The first-order valence-electron chi connectivity index (χ1n) is 9.78. The van der Waals surface area contributed by atoms with Gasteiger partial charge >= 0.3 is 0 Å². The van der Waals surface area contributed by atoms with Crippen molar-refractivity contribution in [2.75, 3.05) is 18.0 Å². The molecule has 0 spiro atoms. The normalized spacial score (nSPS) is 21.6. The zero-order chi connectivity index (χ0) is 17.4. The molecule has 6 heteroatoms. The molecule has 2 aliphatic carbocycles. The smallest absolute Gasteiger partial charge is 0.293 e. The first kappa shape index (κ1) is 16.6. The van der Waals surface area contributed by atoms with Gasteiger partial charge in [-0.05, 0) is 57.3 Å². The van der Waals surface area contributed by atoms with Crippen molar-refractivity contribution in [3.63, 3.8) is 0 Å². The molecule has 0 bridgehead atoms. The van der Waals surface area contributed by atoms with E-state index in [1.165, 1.54) is 25.7 Å². The summed E-state index contributed by atoms with van der Waals surface area (Å²) in [5.41, 5.74) is -0.0185. The van der Waals surface area contributed by atoms with Crippen LogP contribution in [0.3, 0.4) is 0 Å². The predicted molar refractivity (Wildman–Crippen MR) is 96.5 cm³/mol. The van der Waals surface area contributed by atoms with Crippen molar-refractivity contribution in [3.8, 4) is 0 Å². The Balaban J connectivity index is 1.34. The molecule has 25 heavy (non-hydrogen) atoms. The Labute approximate surface area is 148 Å². The van der Waals surface area contributed by atoms with Crippen molar-refractivity contribution >= 4 is 11.7 Å². The monoisotopic (exact) mass is 344 g/mol. The Morgan fingerprint density at radius 3 is 2.40 bits per heavy atom. The molecule has 0 aromatic carbocycles. The van der Waals surface area contributed by atoms with Gasteiger partial charge in [0.1, 0.15) is 0 Å². The lowest BCUT2D eigenvalue weighted by atomic mass is 9.95. The first-order valence-corrected chi connectivity index (χ1v) is 9.78. The van der Waals surface area contributed by atoms with E-state index in [2.05, 4.69) is 15.2 Å². The average Bonchev–Trinajstić information content (AvgIpc) is 3.52. The van der Waals surface area contributed by atoms with Crippen LogP contribution >= 0.6 is 0 Å². The Morgan fingerprint density at radius 1 is 1.20 bits per heavy atom. The molecule has 1 aliphatic heterocycles. The molecule has 0 unspecified atom stereocenters. The molecule has 1 aromatic rings. The molecule has 1 aromatic heterocycles. The van der Waals surface area contributed by atoms with Gasteiger partial charge in [-0.1, -0.05) is 0 Å². The van der Waals surface area contributed by atoms with Gasteiger partial charge in [-0.3, -0.25) is 9.59 Å². The lowest BCUT2D eigenvalue weighted by molar-refractivity contribution is -0.127. The summed E-state index contributed by atoms with van der Waals surface area (Å²) in [5, 5.41) is 3.30. The first-order chi connectivity index (χ1) is 12.2. The van der Waals surface area contributed by atoms with Crippen LogP contribution < -0.4 is 15.8 Å². The van der Waals surface area contributed by atoms with Crippen LogP contribution in [-0.2, 0) is 11.3 Å². The minimum Gasteiger partial charge on any atom is -0.353 e. The van der Waals surface area contributed by atoms with Crippen molar-refractivity contribution in [2.45, 2.75) is 58.0 Å². The fourth-order valence-electron chi connectivity index (χ4n) is 4.16. The number of carbonyl (C=O) groups excluding carboxylic acids is 1. The van der Waals surface area contributed by atoms with Crippen molar-refractivity contribution in [1.82, 2.24) is 14.9 Å². The van der Waals surface area contributed by atoms with Gasteiger partial charge in [0.05, 0.1) is 0 Å². The van der Waals surface area contributed by atoms with E-state index in [0.717, 1.165) is 25.9 Å². The number of aromatic nitrogens is 2. The van der Waals surface area contributed by atoms with Gasteiger partial charge in [-0.2, -0.15) is 0 Å². The van der Waals surface area contributed by atoms with Gasteiger partial charge in [0.2, 0.25) is 5.91 Å². The van der Waals surface area contributed by atoms with Gasteiger partial charge in [0, 0.05) is 44.0 Å². The van der Waals surface area contributed by atoms with E-state index in [0.29, 0.717) is 24.2 Å². The van der Waals surface area contributed by atoms with E-state index in [1.54, 1.807) is 17.0 Å². The summed E-state index contributed by atoms with van der Waals surface area (Å²) in [6.45, 7) is 4.17. The number of anilines is 1. The van der Waals surface area contributed by atoms with E-state index in [9.17, 15) is 9.59 Å². The third-order valence-corrected chi connectivity index (χ3v) is 5.94. The van der Waals surface area contributed by atoms with Crippen molar-refractivity contribution in [1.29, 1.82) is 0 Å². The highest BCUT2D eigenvalue weighted by molar-refractivity contribution is 5.80. The van der Waals surface area contributed by atoms with Gasteiger partial charge in [-0.25, -0.2) is 4.98 Å². The highest BCUT2D eigenvalue weighted by Gasteiger charge is 2.45. The van der Waals surface area contributed by atoms with Crippen LogP contribution in [0.1, 0.15) is 45.4 Å². The fourth-order valence-corrected chi connectivity index (χ4v) is 4.16. The van der Waals surface area contributed by atoms with Gasteiger partial charge < -0.3 is 14.8 Å². The summed E-state index contributed by atoms with van der Waals surface area (Å²) in [4.78, 5) is 31.4. The number of nitrogens with one attached hydrogen (secondary N) is 1. The number of aryl methyl sites for hydroxylation is 1. The Bertz CT molecular complexity index is 673. The maximum atomic E-state index is 12.7. The Kier molecular flexibility index (Phi) is 4.52. The zero-order valence-corrected chi connectivity index (χ0v) is 15.0. The molecule has 136 valence electrons. The minimum atomic E-state index is -0.0185. The number of carbonyl (C=O) groups is 1. The van der Waals surface area contributed by atoms with E-state index in [-0.39, 0.29) is 23.4 Å². The van der Waals surface area contributed by atoms with Crippen LogP contribution in [-0.4, -0.2) is 34.6 Å². The van der Waals surface area contributed by atoms with Crippen LogP contribution in [0.4, 0.5) is 5.82 Å². The van der Waals surface area contributed by atoms with Crippen molar-refractivity contribution in [2.24, 2.45) is 17.8 Å². The average molecular weight is 344 g/mol. The zero-order valence-electron chi connectivity index (χ0n) is 15.0. The molecule has 0 radical (unpaired) electrons. The second-order valence-electron chi connectivity index (χ2n) is 7.81. The van der Waals surface area contributed by atoms with Crippen LogP contribution in [0.2, 0.25) is 0 Å². The number of hydrogen-bond acceptors (Lipinski definition) is 4. The third-order valence-electron chi connectivity index (χ3n) is 5.94. The van der Waals surface area contributed by atoms with E-state index in [4.69, 9.17) is 0 Å². The van der Waals surface area contributed by atoms with Crippen LogP contribution in [0.15, 0.2) is 17.2 Å². The summed E-state index contributed by atoms with van der Waals surface area (Å²) in [6.07, 6.45) is 10.1. The lowest BCUT2D eigenvalue weighted by Gasteiger charge is -2.33. The van der Waals surface area contributed by atoms with E-state index < -0.39 is 0 Å². The van der Waals surface area contributed by atoms with Crippen molar-refractivity contribution in [3.05, 3.63) is 22.7 Å². The minimum absolute atomic E-state index is 0.0185. The molecule has 1 saturated heterocycles. The molecule has 3 fully saturated rings. The second-order valence-corrected chi connectivity index (χ2v) is 7.81. The second kappa shape index (κ2) is 6.81. The maximum absolute atomic E-state index is 12.7. The third kappa shape index (κ3) is 3.58.